The summed E-state index contributed by atoms with van der Waals surface area (Å²) >= 11 is 0. The van der Waals surface area contributed by atoms with E-state index in [1.807, 2.05) is 0 Å². The summed E-state index contributed by atoms with van der Waals surface area (Å²) in [6, 6.07) is 5.07. The molecule has 0 saturated carbocycles. The van der Waals surface area contributed by atoms with E-state index < -0.39 is 9.84 Å². The first kappa shape index (κ1) is 10.9. The SMILES string of the molecule is COc1cncc2cccc(S(C)(=O)=O)c12. The molecule has 0 aliphatic carbocycles. The molecule has 5 heteroatoms. The highest BCUT2D eigenvalue weighted by Gasteiger charge is 2.14. The van der Waals surface area contributed by atoms with Crippen molar-refractivity contribution in [2.24, 2.45) is 0 Å². The van der Waals surface area contributed by atoms with Gasteiger partial charge in [-0.3, -0.25) is 4.98 Å². The van der Waals surface area contributed by atoms with Crippen molar-refractivity contribution < 1.29 is 13.2 Å². The number of nitrogens with zero attached hydrogens (tertiary/aromatic N) is 1. The van der Waals surface area contributed by atoms with Crippen LogP contribution in [0, 0.1) is 0 Å². The number of fused-ring (bicyclic) bond motifs is 1. The zero-order valence-corrected chi connectivity index (χ0v) is 9.78. The first-order chi connectivity index (χ1) is 7.54. The minimum Gasteiger partial charge on any atom is -0.494 e. The summed E-state index contributed by atoms with van der Waals surface area (Å²) < 4.78 is 28.4. The van der Waals surface area contributed by atoms with E-state index in [1.165, 1.54) is 19.6 Å². The molecule has 2 aromatic rings. The predicted molar refractivity (Wildman–Crippen MR) is 61.4 cm³/mol. The Hall–Kier alpha value is -1.62. The summed E-state index contributed by atoms with van der Waals surface area (Å²) in [5.74, 6) is 0.471. The normalized spacial score (nSPS) is 11.6. The fourth-order valence-electron chi connectivity index (χ4n) is 1.63. The van der Waals surface area contributed by atoms with Gasteiger partial charge in [0.2, 0.25) is 0 Å². The van der Waals surface area contributed by atoms with Crippen LogP contribution in [0.1, 0.15) is 0 Å². The average Bonchev–Trinajstić information content (AvgIpc) is 2.26. The quantitative estimate of drug-likeness (QED) is 0.796. The lowest BCUT2D eigenvalue weighted by Crippen LogP contribution is -1.99. The van der Waals surface area contributed by atoms with Crippen molar-refractivity contribution in [1.29, 1.82) is 0 Å². The Kier molecular flexibility index (Phi) is 2.55. The lowest BCUT2D eigenvalue weighted by atomic mass is 10.2. The van der Waals surface area contributed by atoms with Gasteiger partial charge in [0.05, 0.1) is 18.2 Å². The second kappa shape index (κ2) is 3.75. The van der Waals surface area contributed by atoms with E-state index in [9.17, 15) is 8.42 Å². The molecule has 0 bridgehead atoms. The number of benzene rings is 1. The first-order valence-corrected chi connectivity index (χ1v) is 6.54. The topological polar surface area (TPSA) is 56.3 Å². The summed E-state index contributed by atoms with van der Waals surface area (Å²) in [6.45, 7) is 0. The van der Waals surface area contributed by atoms with Crippen molar-refractivity contribution in [3.8, 4) is 5.75 Å². The Balaban J connectivity index is 2.96. The molecule has 16 heavy (non-hydrogen) atoms. The molecule has 1 heterocycles. The van der Waals surface area contributed by atoms with Crippen LogP contribution in [0.4, 0.5) is 0 Å². The lowest BCUT2D eigenvalue weighted by Gasteiger charge is -2.08. The van der Waals surface area contributed by atoms with Gasteiger partial charge in [0.25, 0.3) is 0 Å². The third-order valence-corrected chi connectivity index (χ3v) is 3.47. The molecular weight excluding hydrogens is 226 g/mol. The van der Waals surface area contributed by atoms with Gasteiger partial charge in [0.15, 0.2) is 9.84 Å². The van der Waals surface area contributed by atoms with Crippen molar-refractivity contribution in [1.82, 2.24) is 4.98 Å². The maximum Gasteiger partial charge on any atom is 0.176 e. The summed E-state index contributed by atoms with van der Waals surface area (Å²) in [5.41, 5.74) is 0. The molecule has 0 aliphatic heterocycles. The van der Waals surface area contributed by atoms with Gasteiger partial charge in [-0.1, -0.05) is 12.1 Å². The Bertz CT molecular complexity index is 629. The summed E-state index contributed by atoms with van der Waals surface area (Å²) in [5, 5.41) is 1.34. The van der Waals surface area contributed by atoms with Gasteiger partial charge in [-0.2, -0.15) is 0 Å². The van der Waals surface area contributed by atoms with E-state index in [0.29, 0.717) is 11.1 Å². The Morgan fingerprint density at radius 2 is 2.00 bits per heavy atom. The van der Waals surface area contributed by atoms with E-state index in [1.54, 1.807) is 24.4 Å². The number of ether oxygens (including phenoxy) is 1. The molecule has 0 fully saturated rings. The van der Waals surface area contributed by atoms with Crippen LogP contribution >= 0.6 is 0 Å². The standard InChI is InChI=1S/C11H11NO3S/c1-15-9-7-12-6-8-4-3-5-10(11(8)9)16(2,13)14/h3-7H,1-2H3. The second-order valence-electron chi connectivity index (χ2n) is 3.47. The Morgan fingerprint density at radius 3 is 2.62 bits per heavy atom. The van der Waals surface area contributed by atoms with Gasteiger partial charge in [-0.25, -0.2) is 8.42 Å². The van der Waals surface area contributed by atoms with Crippen LogP contribution in [-0.2, 0) is 9.84 Å². The summed E-state index contributed by atoms with van der Waals surface area (Å²) in [6.07, 6.45) is 4.31. The third-order valence-electron chi connectivity index (χ3n) is 2.33. The number of hydrogen-bond acceptors (Lipinski definition) is 4. The highest BCUT2D eigenvalue weighted by molar-refractivity contribution is 7.91. The molecular formula is C11H11NO3S. The van der Waals surface area contributed by atoms with E-state index in [4.69, 9.17) is 4.74 Å². The molecule has 84 valence electrons. The van der Waals surface area contributed by atoms with Gasteiger partial charge in [0, 0.05) is 23.2 Å². The maximum atomic E-state index is 11.6. The monoisotopic (exact) mass is 237 g/mol. The molecule has 0 saturated heterocycles. The van der Waals surface area contributed by atoms with Crippen LogP contribution in [0.3, 0.4) is 0 Å². The molecule has 0 atom stereocenters. The Labute approximate surface area is 93.8 Å². The summed E-state index contributed by atoms with van der Waals surface area (Å²) in [4.78, 5) is 4.25. The molecule has 1 aromatic carbocycles. The fourth-order valence-corrected chi connectivity index (χ4v) is 2.55. The molecule has 0 N–H and O–H groups in total. The van der Waals surface area contributed by atoms with Crippen LogP contribution in [0.5, 0.6) is 5.75 Å². The van der Waals surface area contributed by atoms with E-state index in [0.717, 1.165) is 5.39 Å². The van der Waals surface area contributed by atoms with Crippen LogP contribution in [0.2, 0.25) is 0 Å². The van der Waals surface area contributed by atoms with E-state index in [2.05, 4.69) is 4.98 Å². The summed E-state index contributed by atoms with van der Waals surface area (Å²) in [7, 11) is -1.77. The molecule has 0 aliphatic rings. The van der Waals surface area contributed by atoms with Crippen molar-refractivity contribution >= 4 is 20.6 Å². The van der Waals surface area contributed by atoms with E-state index >= 15 is 0 Å². The number of hydrogen-bond donors (Lipinski definition) is 0. The van der Waals surface area contributed by atoms with Crippen molar-refractivity contribution in [3.05, 3.63) is 30.6 Å². The smallest absolute Gasteiger partial charge is 0.176 e. The first-order valence-electron chi connectivity index (χ1n) is 4.65. The Morgan fingerprint density at radius 1 is 1.25 bits per heavy atom. The maximum absolute atomic E-state index is 11.6. The van der Waals surface area contributed by atoms with Gasteiger partial charge in [-0.05, 0) is 6.07 Å². The third kappa shape index (κ3) is 1.74. The van der Waals surface area contributed by atoms with Gasteiger partial charge < -0.3 is 4.74 Å². The number of rotatable bonds is 2. The zero-order chi connectivity index (χ0) is 11.8. The highest BCUT2D eigenvalue weighted by atomic mass is 32.2. The van der Waals surface area contributed by atoms with Gasteiger partial charge in [0.1, 0.15) is 5.75 Å². The molecule has 0 spiro atoms. The van der Waals surface area contributed by atoms with Crippen molar-refractivity contribution in [2.75, 3.05) is 13.4 Å². The highest BCUT2D eigenvalue weighted by Crippen LogP contribution is 2.30. The second-order valence-corrected chi connectivity index (χ2v) is 5.45. The van der Waals surface area contributed by atoms with Gasteiger partial charge in [-0.15, -0.1) is 0 Å². The molecule has 0 unspecified atom stereocenters. The number of pyridine rings is 1. The van der Waals surface area contributed by atoms with Crippen LogP contribution in [0.25, 0.3) is 10.8 Å². The van der Waals surface area contributed by atoms with Gasteiger partial charge >= 0.3 is 0 Å². The predicted octanol–water partition coefficient (Wildman–Crippen LogP) is 1.65. The minimum atomic E-state index is -3.27. The molecule has 2 rings (SSSR count). The number of methoxy groups -OCH3 is 1. The largest absolute Gasteiger partial charge is 0.494 e. The van der Waals surface area contributed by atoms with Crippen LogP contribution in [-0.4, -0.2) is 26.8 Å². The lowest BCUT2D eigenvalue weighted by molar-refractivity contribution is 0.417. The van der Waals surface area contributed by atoms with Crippen molar-refractivity contribution in [3.63, 3.8) is 0 Å². The number of sulfone groups is 1. The van der Waals surface area contributed by atoms with Crippen molar-refractivity contribution in [2.45, 2.75) is 4.90 Å². The average molecular weight is 237 g/mol. The molecule has 0 amide bonds. The van der Waals surface area contributed by atoms with E-state index in [-0.39, 0.29) is 4.90 Å². The number of aromatic nitrogens is 1. The fraction of sp³-hybridized carbons (Fsp3) is 0.182. The van der Waals surface area contributed by atoms with Crippen LogP contribution < -0.4 is 4.74 Å². The van der Waals surface area contributed by atoms with Crippen LogP contribution in [0.15, 0.2) is 35.5 Å². The zero-order valence-electron chi connectivity index (χ0n) is 8.97. The minimum absolute atomic E-state index is 0.268. The molecule has 1 aromatic heterocycles. The molecule has 4 nitrogen and oxygen atoms in total. The molecule has 0 radical (unpaired) electrons.